The monoisotopic (exact) mass is 328 g/mol. The van der Waals surface area contributed by atoms with Crippen molar-refractivity contribution in [2.24, 2.45) is 0 Å². The van der Waals surface area contributed by atoms with Crippen LogP contribution in [0, 0.1) is 0 Å². The third-order valence-electron chi connectivity index (χ3n) is 2.86. The molecule has 0 saturated heterocycles. The molecular formula is C17H16N2O5. The van der Waals surface area contributed by atoms with Crippen molar-refractivity contribution >= 4 is 18.2 Å². The van der Waals surface area contributed by atoms with Crippen molar-refractivity contribution in [2.75, 3.05) is 0 Å². The molecule has 0 atom stereocenters. The number of amides is 4. The van der Waals surface area contributed by atoms with Gasteiger partial charge < -0.3 is 9.47 Å². The Kier molecular flexibility index (Phi) is 6.34. The summed E-state index contributed by atoms with van der Waals surface area (Å²) in [6, 6.07) is 16.9. The Morgan fingerprint density at radius 2 is 1.04 bits per heavy atom. The van der Waals surface area contributed by atoms with Crippen molar-refractivity contribution in [1.82, 2.24) is 10.6 Å². The largest absolute Gasteiger partial charge is 0.444 e. The van der Waals surface area contributed by atoms with Gasteiger partial charge in [-0.3, -0.25) is 0 Å². The SMILES string of the molecule is O=C(NC(=O)OCc1ccccc1)NC(=O)OCc1ccccc1. The first-order valence-corrected chi connectivity index (χ1v) is 7.13. The molecule has 0 aliphatic rings. The van der Waals surface area contributed by atoms with E-state index in [4.69, 9.17) is 9.47 Å². The molecule has 0 aliphatic carbocycles. The molecule has 24 heavy (non-hydrogen) atoms. The molecule has 7 nitrogen and oxygen atoms in total. The summed E-state index contributed by atoms with van der Waals surface area (Å²) in [5.41, 5.74) is 1.55. The van der Waals surface area contributed by atoms with Gasteiger partial charge in [0.1, 0.15) is 13.2 Å². The Morgan fingerprint density at radius 1 is 0.667 bits per heavy atom. The molecule has 0 saturated carbocycles. The third-order valence-corrected chi connectivity index (χ3v) is 2.86. The van der Waals surface area contributed by atoms with Crippen molar-refractivity contribution in [3.05, 3.63) is 71.8 Å². The molecule has 0 fully saturated rings. The fourth-order valence-electron chi connectivity index (χ4n) is 1.74. The fourth-order valence-corrected chi connectivity index (χ4v) is 1.74. The van der Waals surface area contributed by atoms with Crippen LogP contribution in [0.4, 0.5) is 14.4 Å². The van der Waals surface area contributed by atoms with Gasteiger partial charge in [-0.25, -0.2) is 25.0 Å². The van der Waals surface area contributed by atoms with Gasteiger partial charge in [0.15, 0.2) is 0 Å². The second kappa shape index (κ2) is 8.94. The summed E-state index contributed by atoms with van der Waals surface area (Å²) in [5, 5.41) is 3.73. The Hall–Kier alpha value is -3.35. The zero-order valence-corrected chi connectivity index (χ0v) is 12.7. The Balaban J connectivity index is 1.66. The molecule has 0 bridgehead atoms. The van der Waals surface area contributed by atoms with Gasteiger partial charge in [-0.05, 0) is 11.1 Å². The van der Waals surface area contributed by atoms with Gasteiger partial charge in [0.05, 0.1) is 0 Å². The van der Waals surface area contributed by atoms with Crippen molar-refractivity contribution < 1.29 is 23.9 Å². The van der Waals surface area contributed by atoms with E-state index in [1.807, 2.05) is 22.8 Å². The number of carbonyl (C=O) groups excluding carboxylic acids is 3. The van der Waals surface area contributed by atoms with Gasteiger partial charge in [-0.1, -0.05) is 60.7 Å². The predicted octanol–water partition coefficient (Wildman–Crippen LogP) is 2.96. The topological polar surface area (TPSA) is 93.7 Å². The summed E-state index contributed by atoms with van der Waals surface area (Å²) in [6.45, 7) is 0.0246. The molecule has 0 radical (unpaired) electrons. The average molecular weight is 328 g/mol. The molecule has 0 aliphatic heterocycles. The quantitative estimate of drug-likeness (QED) is 0.900. The molecule has 0 heterocycles. The lowest BCUT2D eigenvalue weighted by Gasteiger charge is -2.08. The highest BCUT2D eigenvalue weighted by atomic mass is 16.6. The second-order valence-corrected chi connectivity index (χ2v) is 4.70. The van der Waals surface area contributed by atoms with Crippen LogP contribution in [-0.2, 0) is 22.7 Å². The molecule has 7 heteroatoms. The van der Waals surface area contributed by atoms with Gasteiger partial charge in [-0.15, -0.1) is 0 Å². The summed E-state index contributed by atoms with van der Waals surface area (Å²) in [6.07, 6.45) is -1.93. The third kappa shape index (κ3) is 6.18. The number of ether oxygens (including phenoxy) is 2. The standard InChI is InChI=1S/C17H16N2O5/c20-15(18-16(21)23-11-13-7-3-1-4-8-13)19-17(22)24-12-14-9-5-2-6-10-14/h1-10H,11-12H2,(H2,18,19,20,21,22). The molecule has 2 aromatic carbocycles. The highest BCUT2D eigenvalue weighted by molar-refractivity contribution is 5.98. The van der Waals surface area contributed by atoms with Crippen LogP contribution in [0.25, 0.3) is 0 Å². The fraction of sp³-hybridized carbons (Fsp3) is 0.118. The molecule has 2 rings (SSSR count). The Labute approximate surface area is 138 Å². The number of imide groups is 2. The zero-order valence-electron chi connectivity index (χ0n) is 12.7. The van der Waals surface area contributed by atoms with E-state index in [0.29, 0.717) is 0 Å². The molecule has 0 spiro atoms. The minimum atomic E-state index is -1.02. The minimum absolute atomic E-state index is 0.0123. The summed E-state index contributed by atoms with van der Waals surface area (Å²) in [4.78, 5) is 34.3. The van der Waals surface area contributed by atoms with Crippen molar-refractivity contribution in [1.29, 1.82) is 0 Å². The summed E-state index contributed by atoms with van der Waals surface area (Å²) in [7, 11) is 0. The first kappa shape index (κ1) is 17.0. The van der Waals surface area contributed by atoms with Crippen LogP contribution in [0.3, 0.4) is 0 Å². The van der Waals surface area contributed by atoms with Crippen LogP contribution in [0.15, 0.2) is 60.7 Å². The molecule has 124 valence electrons. The second-order valence-electron chi connectivity index (χ2n) is 4.70. The van der Waals surface area contributed by atoms with Crippen LogP contribution >= 0.6 is 0 Å². The summed E-state index contributed by atoms with van der Waals surface area (Å²) in [5.74, 6) is 0. The number of hydrogen-bond acceptors (Lipinski definition) is 5. The van der Waals surface area contributed by atoms with Gasteiger partial charge in [0.25, 0.3) is 0 Å². The van der Waals surface area contributed by atoms with E-state index in [1.165, 1.54) is 0 Å². The van der Waals surface area contributed by atoms with Crippen LogP contribution in [0.5, 0.6) is 0 Å². The lowest BCUT2D eigenvalue weighted by molar-refractivity contribution is 0.135. The van der Waals surface area contributed by atoms with Crippen molar-refractivity contribution in [3.63, 3.8) is 0 Å². The molecule has 2 N–H and O–H groups in total. The van der Waals surface area contributed by atoms with Gasteiger partial charge >= 0.3 is 18.2 Å². The van der Waals surface area contributed by atoms with E-state index in [9.17, 15) is 14.4 Å². The van der Waals surface area contributed by atoms with Crippen molar-refractivity contribution in [2.45, 2.75) is 13.2 Å². The van der Waals surface area contributed by atoms with Gasteiger partial charge in [0.2, 0.25) is 0 Å². The van der Waals surface area contributed by atoms with E-state index >= 15 is 0 Å². The van der Waals surface area contributed by atoms with E-state index in [2.05, 4.69) is 0 Å². The van der Waals surface area contributed by atoms with E-state index in [1.54, 1.807) is 48.5 Å². The first-order valence-electron chi connectivity index (χ1n) is 7.13. The van der Waals surface area contributed by atoms with E-state index in [0.717, 1.165) is 11.1 Å². The Bertz CT molecular complexity index is 629. The number of rotatable bonds is 4. The number of urea groups is 1. The highest BCUT2D eigenvalue weighted by Gasteiger charge is 2.13. The van der Waals surface area contributed by atoms with E-state index in [-0.39, 0.29) is 13.2 Å². The number of nitrogens with one attached hydrogen (secondary N) is 2. The highest BCUT2D eigenvalue weighted by Crippen LogP contribution is 2.01. The average Bonchev–Trinajstić information content (AvgIpc) is 2.60. The van der Waals surface area contributed by atoms with Crippen molar-refractivity contribution in [3.8, 4) is 0 Å². The number of hydrogen-bond donors (Lipinski definition) is 2. The van der Waals surface area contributed by atoms with Gasteiger partial charge in [0, 0.05) is 0 Å². The zero-order chi connectivity index (χ0) is 17.2. The summed E-state index contributed by atoms with van der Waals surface area (Å²) < 4.78 is 9.69. The van der Waals surface area contributed by atoms with Gasteiger partial charge in [-0.2, -0.15) is 0 Å². The van der Waals surface area contributed by atoms with Crippen LogP contribution in [0.2, 0.25) is 0 Å². The van der Waals surface area contributed by atoms with E-state index < -0.39 is 18.2 Å². The number of carbonyl (C=O) groups is 3. The molecule has 4 amide bonds. The maximum Gasteiger partial charge on any atom is 0.415 e. The van der Waals surface area contributed by atoms with Crippen LogP contribution in [0.1, 0.15) is 11.1 Å². The number of benzene rings is 2. The smallest absolute Gasteiger partial charge is 0.415 e. The Morgan fingerprint density at radius 3 is 1.42 bits per heavy atom. The maximum atomic E-state index is 11.5. The molecule has 0 unspecified atom stereocenters. The van der Waals surface area contributed by atoms with Crippen LogP contribution in [-0.4, -0.2) is 18.2 Å². The summed E-state index contributed by atoms with van der Waals surface area (Å²) >= 11 is 0. The predicted molar refractivity (Wildman–Crippen MR) is 84.9 cm³/mol. The number of alkyl carbamates (subject to hydrolysis) is 2. The lowest BCUT2D eigenvalue weighted by atomic mass is 10.2. The minimum Gasteiger partial charge on any atom is -0.444 e. The first-order chi connectivity index (χ1) is 11.6. The molecular weight excluding hydrogens is 312 g/mol. The van der Waals surface area contributed by atoms with Crippen LogP contribution < -0.4 is 10.6 Å². The molecule has 0 aromatic heterocycles. The molecule has 2 aromatic rings. The maximum absolute atomic E-state index is 11.5. The lowest BCUT2D eigenvalue weighted by Crippen LogP contribution is -2.42. The normalized spacial score (nSPS) is 9.67.